The third-order valence-electron chi connectivity index (χ3n) is 7.54. The molecule has 7 heteroatoms. The van der Waals surface area contributed by atoms with Crippen molar-refractivity contribution >= 4 is 55.2 Å². The van der Waals surface area contributed by atoms with Gasteiger partial charge in [-0.3, -0.25) is 6.58 Å². The molecule has 2 nitrogen and oxygen atoms in total. The minimum absolute atomic E-state index is 0.246. The Morgan fingerprint density at radius 3 is 1.21 bits per heavy atom. The van der Waals surface area contributed by atoms with Crippen molar-refractivity contribution in [2.75, 3.05) is 0 Å². The van der Waals surface area contributed by atoms with Crippen LogP contribution in [0.2, 0.25) is 36.3 Å². The van der Waals surface area contributed by atoms with Gasteiger partial charge in [0, 0.05) is 11.5 Å². The molecule has 0 saturated heterocycles. The standard InChI is InChI=1S/2C15H21OSi.C2H3.2ClH.Zr/c2*1-15(2,3)17(4,5)16-14-10-12-8-6-7-9-13(12)11-14;1-2;;;/h2*6-11H,1-5H3;1H,2H2;2*1H;/q3*-1;;;+2/p-2. The first-order valence-corrected chi connectivity index (χ1v) is 25.2. The van der Waals surface area contributed by atoms with Crippen LogP contribution in [0.25, 0.3) is 21.5 Å². The Morgan fingerprint density at radius 2 is 0.949 bits per heavy atom. The number of benzene rings is 2. The molecule has 0 N–H and O–H groups in total. The molecule has 0 aliphatic carbocycles. The van der Waals surface area contributed by atoms with E-state index in [1.165, 1.54) is 21.5 Å². The summed E-state index contributed by atoms with van der Waals surface area (Å²) in [5, 5.41) is 5.55. The summed E-state index contributed by atoms with van der Waals surface area (Å²) in [6.07, 6.45) is 0. The van der Waals surface area contributed by atoms with Gasteiger partial charge in [-0.05, 0) is 36.3 Å². The molecule has 0 radical (unpaired) electrons. The van der Waals surface area contributed by atoms with Crippen molar-refractivity contribution in [1.82, 2.24) is 0 Å². The second kappa shape index (κ2) is 15.2. The van der Waals surface area contributed by atoms with Gasteiger partial charge in [-0.15, -0.1) is 82.2 Å². The fraction of sp³-hybridized carbons (Fsp3) is 0.375. The van der Waals surface area contributed by atoms with E-state index in [1.807, 2.05) is 0 Å². The van der Waals surface area contributed by atoms with E-state index in [9.17, 15) is 0 Å². The van der Waals surface area contributed by atoms with E-state index < -0.39 is 37.5 Å². The third kappa shape index (κ3) is 10.7. The van der Waals surface area contributed by atoms with Crippen molar-refractivity contribution in [1.29, 1.82) is 0 Å². The molecule has 0 atom stereocenters. The van der Waals surface area contributed by atoms with Gasteiger partial charge in [-0.1, -0.05) is 53.7 Å². The van der Waals surface area contributed by atoms with Gasteiger partial charge in [0.1, 0.15) is 0 Å². The Kier molecular flexibility index (Phi) is 14.0. The zero-order chi connectivity index (χ0) is 30.1. The molecule has 4 aromatic rings. The number of hydrogen-bond acceptors (Lipinski definition) is 2. The zero-order valence-electron chi connectivity index (χ0n) is 25.3. The molecule has 0 heterocycles. The van der Waals surface area contributed by atoms with Gasteiger partial charge in [0.25, 0.3) is 0 Å². The van der Waals surface area contributed by atoms with Gasteiger partial charge >= 0.3 is 37.9 Å². The SMILES string of the molecule is CC(C)(C)[Si](C)(C)Oc1cc2ccccc2[cH-]1.CC(C)(C)[Si](C)(C)Oc1cc2ccccc2[cH-]1.[CH-]=C.[Cl][Zr][Cl]. The van der Waals surface area contributed by atoms with E-state index in [0.717, 1.165) is 11.5 Å². The maximum atomic E-state index is 6.29. The van der Waals surface area contributed by atoms with Gasteiger partial charge < -0.3 is 15.4 Å². The third-order valence-corrected chi connectivity index (χ3v) is 16.3. The van der Waals surface area contributed by atoms with E-state index >= 15 is 0 Å². The fourth-order valence-corrected chi connectivity index (χ4v) is 5.28. The second-order valence-electron chi connectivity index (χ2n) is 12.4. The molecule has 4 aromatic carbocycles. The Labute approximate surface area is 258 Å². The van der Waals surface area contributed by atoms with E-state index in [2.05, 4.69) is 154 Å². The van der Waals surface area contributed by atoms with Crippen LogP contribution >= 0.6 is 17.0 Å². The predicted molar refractivity (Wildman–Crippen MR) is 176 cm³/mol. The maximum absolute atomic E-state index is 6.29. The van der Waals surface area contributed by atoms with E-state index in [-0.39, 0.29) is 10.1 Å². The van der Waals surface area contributed by atoms with Crippen molar-refractivity contribution in [3.63, 3.8) is 0 Å². The summed E-state index contributed by atoms with van der Waals surface area (Å²) < 4.78 is 12.6. The minimum atomic E-state index is -1.71. The number of hydrogen-bond donors (Lipinski definition) is 0. The van der Waals surface area contributed by atoms with Crippen molar-refractivity contribution in [3.05, 3.63) is 86.0 Å². The van der Waals surface area contributed by atoms with Crippen LogP contribution in [0, 0.1) is 6.58 Å². The Balaban J connectivity index is 0.000000335. The van der Waals surface area contributed by atoms with Gasteiger partial charge in [0.05, 0.1) is 0 Å². The molecule has 0 saturated carbocycles. The summed E-state index contributed by atoms with van der Waals surface area (Å²) in [6.45, 7) is 29.7. The first-order valence-electron chi connectivity index (χ1n) is 13.1. The topological polar surface area (TPSA) is 18.5 Å². The fourth-order valence-electron chi connectivity index (χ4n) is 3.26. The summed E-state index contributed by atoms with van der Waals surface area (Å²) in [6, 6.07) is 25.4. The summed E-state index contributed by atoms with van der Waals surface area (Å²) >= 11 is -0.826. The van der Waals surface area contributed by atoms with Crippen LogP contribution in [-0.4, -0.2) is 16.6 Å². The molecular weight excluding hydrogens is 635 g/mol. The van der Waals surface area contributed by atoms with E-state index in [4.69, 9.17) is 25.9 Å². The molecule has 0 aliphatic heterocycles. The van der Waals surface area contributed by atoms with Gasteiger partial charge in [0.2, 0.25) is 16.6 Å². The average Bonchev–Trinajstić information content (AvgIpc) is 3.41. The molecule has 0 unspecified atom stereocenters. The van der Waals surface area contributed by atoms with Crippen LogP contribution in [0.4, 0.5) is 0 Å². The van der Waals surface area contributed by atoms with Crippen LogP contribution in [0.1, 0.15) is 41.5 Å². The molecule has 214 valence electrons. The zero-order valence-corrected chi connectivity index (χ0v) is 31.3. The summed E-state index contributed by atoms with van der Waals surface area (Å²) in [5.74, 6) is 2.05. The molecular formula is C32H45Cl2O2Si2Zr-3. The molecule has 0 amide bonds. The van der Waals surface area contributed by atoms with Crippen LogP contribution < -0.4 is 8.85 Å². The van der Waals surface area contributed by atoms with Gasteiger partial charge in [0.15, 0.2) is 0 Å². The molecule has 0 aromatic heterocycles. The quantitative estimate of drug-likeness (QED) is 0.158. The first-order chi connectivity index (χ1) is 18.0. The molecule has 4 rings (SSSR count). The predicted octanol–water partition coefficient (Wildman–Crippen LogP) is 11.9. The van der Waals surface area contributed by atoms with Crippen LogP contribution in [0.15, 0.2) is 79.4 Å². The second-order valence-corrected chi connectivity index (χ2v) is 25.6. The van der Waals surface area contributed by atoms with Crippen molar-refractivity contribution in [3.8, 4) is 11.5 Å². The van der Waals surface area contributed by atoms with Crippen molar-refractivity contribution in [2.24, 2.45) is 0 Å². The number of fused-ring (bicyclic) bond motifs is 2. The number of halogens is 2. The average molecular weight is 680 g/mol. The first kappa shape index (κ1) is 35.9. The van der Waals surface area contributed by atoms with Gasteiger partial charge in [-0.2, -0.15) is 0 Å². The number of rotatable bonds is 4. The summed E-state index contributed by atoms with van der Waals surface area (Å²) in [7, 11) is 6.45. The van der Waals surface area contributed by atoms with Gasteiger partial charge in [-0.25, -0.2) is 0 Å². The summed E-state index contributed by atoms with van der Waals surface area (Å²) in [5.41, 5.74) is 0. The molecule has 39 heavy (non-hydrogen) atoms. The van der Waals surface area contributed by atoms with Crippen molar-refractivity contribution in [2.45, 2.75) is 77.8 Å². The van der Waals surface area contributed by atoms with E-state index in [1.54, 1.807) is 0 Å². The Bertz CT molecular complexity index is 1120. The normalized spacial score (nSPS) is 11.8. The van der Waals surface area contributed by atoms with Crippen LogP contribution in [0.3, 0.4) is 0 Å². The van der Waals surface area contributed by atoms with Crippen LogP contribution in [-0.2, 0) is 20.8 Å². The van der Waals surface area contributed by atoms with Crippen molar-refractivity contribution < 1.29 is 29.7 Å². The summed E-state index contributed by atoms with van der Waals surface area (Å²) in [4.78, 5) is 0. The van der Waals surface area contributed by atoms with E-state index in [0.29, 0.717) is 0 Å². The molecule has 0 spiro atoms. The van der Waals surface area contributed by atoms with Crippen LogP contribution in [0.5, 0.6) is 11.5 Å². The molecule has 0 bridgehead atoms. The molecule has 0 fully saturated rings. The Hall–Kier alpha value is -1.10. The Morgan fingerprint density at radius 1 is 0.667 bits per heavy atom. The molecule has 0 aliphatic rings. The monoisotopic (exact) mass is 677 g/mol.